The number of hydrogen-bond acceptors (Lipinski definition) is 1. The van der Waals surface area contributed by atoms with Crippen molar-refractivity contribution < 1.29 is 10.2 Å². The van der Waals surface area contributed by atoms with Crippen molar-refractivity contribution in [1.82, 2.24) is 0 Å². The Hall–Kier alpha value is -1.64. The highest BCUT2D eigenvalue weighted by atomic mass is 16.1. The molecule has 0 atom stereocenters. The molecule has 0 saturated carbocycles. The third-order valence-corrected chi connectivity index (χ3v) is 1.38. The van der Waals surface area contributed by atoms with E-state index in [1.54, 1.807) is 24.3 Å². The van der Waals surface area contributed by atoms with Crippen molar-refractivity contribution in [3.63, 3.8) is 0 Å². The Labute approximate surface area is 64.3 Å². The summed E-state index contributed by atoms with van der Waals surface area (Å²) in [6, 6.07) is 6.75. The molecule has 4 N–H and O–H groups in total. The van der Waals surface area contributed by atoms with Crippen LogP contribution in [0.1, 0.15) is 15.9 Å². The van der Waals surface area contributed by atoms with Gasteiger partial charge in [0.05, 0.1) is 5.56 Å². The first-order valence-corrected chi connectivity index (χ1v) is 3.17. The number of benzene rings is 1. The van der Waals surface area contributed by atoms with E-state index in [4.69, 9.17) is 11.1 Å². The van der Waals surface area contributed by atoms with Crippen LogP contribution in [0.3, 0.4) is 0 Å². The second-order valence-electron chi connectivity index (χ2n) is 2.20. The summed E-state index contributed by atoms with van der Waals surface area (Å²) in [4.78, 5) is 10.2. The van der Waals surface area contributed by atoms with E-state index in [1.807, 2.05) is 0 Å². The summed E-state index contributed by atoms with van der Waals surface area (Å²) in [7, 11) is 0. The van der Waals surface area contributed by atoms with E-state index in [1.165, 1.54) is 0 Å². The van der Waals surface area contributed by atoms with Crippen LogP contribution >= 0.6 is 0 Å². The normalized spacial score (nSPS) is 9.09. The Balaban J connectivity index is 3.00. The van der Waals surface area contributed by atoms with Crippen molar-refractivity contribution in [1.29, 1.82) is 0 Å². The molecule has 0 bridgehead atoms. The molecule has 0 unspecified atom stereocenters. The van der Waals surface area contributed by atoms with Crippen LogP contribution in [0.25, 0.3) is 0 Å². The molecule has 0 fully saturated rings. The maximum atomic E-state index is 10.2. The smallest absolute Gasteiger partial charge is 0.270 e. The molecule has 0 spiro atoms. The zero-order valence-corrected chi connectivity index (χ0v) is 5.95. The summed E-state index contributed by atoms with van der Waals surface area (Å²) >= 11 is 0. The molecule has 0 aliphatic rings. The average Bonchev–Trinajstić information content (AvgIpc) is 2.05. The standard InChI is InChI=1S/C8H8N2O/c9-8(10)7-3-1-6(5-11)2-4-7/h1-5H,(H3,9,10)/p+1. The number of amidine groups is 1. The van der Waals surface area contributed by atoms with Crippen molar-refractivity contribution in [2.75, 3.05) is 0 Å². The van der Waals surface area contributed by atoms with E-state index in [9.17, 15) is 4.79 Å². The lowest BCUT2D eigenvalue weighted by molar-refractivity contribution is -0.114. The Bertz CT molecular complexity index is 277. The van der Waals surface area contributed by atoms with Crippen LogP contribution in [-0.2, 0) is 0 Å². The van der Waals surface area contributed by atoms with Crippen LogP contribution in [-0.4, -0.2) is 12.1 Å². The number of aldehydes is 1. The van der Waals surface area contributed by atoms with Gasteiger partial charge in [-0.3, -0.25) is 15.9 Å². The largest absolute Gasteiger partial charge is 0.298 e. The maximum Gasteiger partial charge on any atom is 0.270 e. The number of hydrogen-bond donors (Lipinski definition) is 2. The molecule has 56 valence electrons. The summed E-state index contributed by atoms with van der Waals surface area (Å²) in [6.07, 6.45) is 0.774. The molecule has 1 aromatic carbocycles. The van der Waals surface area contributed by atoms with Gasteiger partial charge in [-0.15, -0.1) is 0 Å². The van der Waals surface area contributed by atoms with Crippen LogP contribution in [0.5, 0.6) is 0 Å². The van der Waals surface area contributed by atoms with Crippen molar-refractivity contribution in [3.8, 4) is 0 Å². The lowest BCUT2D eigenvalue weighted by Gasteiger charge is -1.92. The molecule has 0 radical (unpaired) electrons. The predicted molar refractivity (Wildman–Crippen MR) is 42.1 cm³/mol. The molecular weight excluding hydrogens is 140 g/mol. The maximum absolute atomic E-state index is 10.2. The molecular formula is C8H9N2O+. The lowest BCUT2D eigenvalue weighted by atomic mass is 10.1. The summed E-state index contributed by atoms with van der Waals surface area (Å²) < 4.78 is 0. The molecule has 11 heavy (non-hydrogen) atoms. The van der Waals surface area contributed by atoms with Gasteiger partial charge in [0.2, 0.25) is 0 Å². The number of nitrogens with two attached hydrogens (primary N) is 2. The zero-order valence-electron chi connectivity index (χ0n) is 5.95. The average molecular weight is 149 g/mol. The first-order valence-electron chi connectivity index (χ1n) is 3.17. The first kappa shape index (κ1) is 7.47. The number of rotatable bonds is 2. The van der Waals surface area contributed by atoms with Gasteiger partial charge in [-0.1, -0.05) is 12.1 Å². The van der Waals surface area contributed by atoms with E-state index < -0.39 is 0 Å². The molecule has 3 nitrogen and oxygen atoms in total. The van der Waals surface area contributed by atoms with E-state index >= 15 is 0 Å². The van der Waals surface area contributed by atoms with Gasteiger partial charge in [0.1, 0.15) is 6.29 Å². The first-order chi connectivity index (χ1) is 5.24. The second kappa shape index (κ2) is 2.96. The number of carbonyl (C=O) groups is 1. The minimum Gasteiger partial charge on any atom is -0.298 e. The van der Waals surface area contributed by atoms with Crippen LogP contribution in [0, 0.1) is 0 Å². The van der Waals surface area contributed by atoms with Crippen molar-refractivity contribution in [2.45, 2.75) is 0 Å². The second-order valence-corrected chi connectivity index (χ2v) is 2.20. The van der Waals surface area contributed by atoms with Gasteiger partial charge in [-0.25, -0.2) is 0 Å². The third kappa shape index (κ3) is 1.64. The number of carbonyl (C=O) groups excluding carboxylic acids is 1. The monoisotopic (exact) mass is 149 g/mol. The molecule has 0 aliphatic carbocycles. The van der Waals surface area contributed by atoms with Gasteiger partial charge in [0, 0.05) is 5.56 Å². The molecule has 0 aliphatic heterocycles. The van der Waals surface area contributed by atoms with Crippen LogP contribution in [0.4, 0.5) is 0 Å². The van der Waals surface area contributed by atoms with Gasteiger partial charge in [0.25, 0.3) is 5.84 Å². The molecule has 3 heteroatoms. The fourth-order valence-corrected chi connectivity index (χ4v) is 0.754. The van der Waals surface area contributed by atoms with Crippen LogP contribution in [0.2, 0.25) is 0 Å². The zero-order chi connectivity index (χ0) is 8.27. The Kier molecular flexibility index (Phi) is 2.01. The SMILES string of the molecule is NC(=[NH2+])c1ccc(C=O)cc1. The molecule has 1 rings (SSSR count). The molecule has 0 saturated heterocycles. The van der Waals surface area contributed by atoms with Crippen molar-refractivity contribution in [2.24, 2.45) is 5.73 Å². The summed E-state index contributed by atoms with van der Waals surface area (Å²) in [5.41, 5.74) is 6.68. The van der Waals surface area contributed by atoms with Gasteiger partial charge in [-0.2, -0.15) is 0 Å². The minimum absolute atomic E-state index is 0.266. The summed E-state index contributed by atoms with van der Waals surface area (Å²) in [5, 5.41) is 5.31. The Morgan fingerprint density at radius 1 is 1.36 bits per heavy atom. The van der Waals surface area contributed by atoms with Crippen molar-refractivity contribution >= 4 is 12.1 Å². The fraction of sp³-hybridized carbons (Fsp3) is 0. The highest BCUT2D eigenvalue weighted by Gasteiger charge is 1.99. The lowest BCUT2D eigenvalue weighted by Crippen LogP contribution is -2.46. The molecule has 1 aromatic rings. The van der Waals surface area contributed by atoms with Gasteiger partial charge < -0.3 is 0 Å². The van der Waals surface area contributed by atoms with E-state index in [0.29, 0.717) is 5.56 Å². The highest BCUT2D eigenvalue weighted by Crippen LogP contribution is 1.99. The minimum atomic E-state index is 0.266. The van der Waals surface area contributed by atoms with E-state index in [-0.39, 0.29) is 5.84 Å². The third-order valence-electron chi connectivity index (χ3n) is 1.38. The van der Waals surface area contributed by atoms with Gasteiger partial charge in [-0.05, 0) is 12.1 Å². The molecule has 0 amide bonds. The molecule has 0 aromatic heterocycles. The summed E-state index contributed by atoms with van der Waals surface area (Å²) in [5.74, 6) is 0.266. The Morgan fingerprint density at radius 2 is 1.91 bits per heavy atom. The van der Waals surface area contributed by atoms with E-state index in [2.05, 4.69) is 0 Å². The van der Waals surface area contributed by atoms with E-state index in [0.717, 1.165) is 11.8 Å². The summed E-state index contributed by atoms with van der Waals surface area (Å²) in [6.45, 7) is 0. The fourth-order valence-electron chi connectivity index (χ4n) is 0.754. The quantitative estimate of drug-likeness (QED) is 0.320. The molecule has 0 heterocycles. The topological polar surface area (TPSA) is 68.7 Å². The Morgan fingerprint density at radius 3 is 2.27 bits per heavy atom. The van der Waals surface area contributed by atoms with Crippen LogP contribution < -0.4 is 11.1 Å². The highest BCUT2D eigenvalue weighted by molar-refractivity contribution is 5.93. The van der Waals surface area contributed by atoms with Crippen LogP contribution in [0.15, 0.2) is 24.3 Å². The van der Waals surface area contributed by atoms with Gasteiger partial charge in [0.15, 0.2) is 0 Å². The van der Waals surface area contributed by atoms with Crippen molar-refractivity contribution in [3.05, 3.63) is 35.4 Å². The predicted octanol–water partition coefficient (Wildman–Crippen LogP) is -1.04. The van der Waals surface area contributed by atoms with Gasteiger partial charge >= 0.3 is 0 Å².